The van der Waals surface area contributed by atoms with Crippen LogP contribution >= 0.6 is 15.9 Å². The Balaban J connectivity index is 2.04. The van der Waals surface area contributed by atoms with Crippen molar-refractivity contribution in [2.24, 2.45) is 0 Å². The molecule has 1 aromatic heterocycles. The van der Waals surface area contributed by atoms with E-state index in [0.717, 1.165) is 34.8 Å². The second-order valence-corrected chi connectivity index (χ2v) is 5.71. The Morgan fingerprint density at radius 3 is 3.00 bits per heavy atom. The number of hydrogen-bond donors (Lipinski definition) is 1. The fourth-order valence-electron chi connectivity index (χ4n) is 2.84. The first kappa shape index (κ1) is 12.0. The summed E-state index contributed by atoms with van der Waals surface area (Å²) in [6.45, 7) is 0. The fraction of sp³-hybridized carbons (Fsp3) is 0.462. The molecule has 18 heavy (non-hydrogen) atoms. The van der Waals surface area contributed by atoms with Gasteiger partial charge in [0.2, 0.25) is 5.95 Å². The number of fused-ring (bicyclic) bond motifs is 1. The molecule has 0 saturated heterocycles. The Hall–Kier alpha value is -1.07. The summed E-state index contributed by atoms with van der Waals surface area (Å²) >= 11 is 3.46. The quantitative estimate of drug-likeness (QED) is 0.927. The standard InChI is InChI=1S/C13H16BrN3O/c1-18-10-4-3-9(7-10)17-12-5-2-8(14)6-11(12)16-13(17)15/h2,5-6,9-10H,3-4,7H2,1H3,(H2,15,16). The van der Waals surface area contributed by atoms with Crippen LogP contribution in [0.15, 0.2) is 22.7 Å². The van der Waals surface area contributed by atoms with Gasteiger partial charge in [0.1, 0.15) is 0 Å². The van der Waals surface area contributed by atoms with Crippen molar-refractivity contribution in [2.75, 3.05) is 12.8 Å². The number of anilines is 1. The largest absolute Gasteiger partial charge is 0.381 e. The first-order valence-electron chi connectivity index (χ1n) is 6.15. The van der Waals surface area contributed by atoms with Gasteiger partial charge < -0.3 is 15.0 Å². The van der Waals surface area contributed by atoms with Crippen LogP contribution in [0.4, 0.5) is 5.95 Å². The zero-order valence-electron chi connectivity index (χ0n) is 10.3. The second-order valence-electron chi connectivity index (χ2n) is 4.80. The minimum atomic E-state index is 0.349. The zero-order valence-corrected chi connectivity index (χ0v) is 11.9. The van der Waals surface area contributed by atoms with Crippen LogP contribution in [-0.2, 0) is 4.74 Å². The molecule has 1 aromatic carbocycles. The summed E-state index contributed by atoms with van der Waals surface area (Å²) in [6, 6.07) is 6.51. The molecule has 1 saturated carbocycles. The van der Waals surface area contributed by atoms with E-state index in [0.29, 0.717) is 18.1 Å². The van der Waals surface area contributed by atoms with Gasteiger partial charge in [0.05, 0.1) is 17.1 Å². The summed E-state index contributed by atoms with van der Waals surface area (Å²) < 4.78 is 8.61. The molecule has 1 aliphatic rings. The highest BCUT2D eigenvalue weighted by molar-refractivity contribution is 9.10. The van der Waals surface area contributed by atoms with Gasteiger partial charge in [-0.2, -0.15) is 0 Å². The number of methoxy groups -OCH3 is 1. The van der Waals surface area contributed by atoms with Crippen molar-refractivity contribution in [3.8, 4) is 0 Å². The van der Waals surface area contributed by atoms with Crippen molar-refractivity contribution < 1.29 is 4.74 Å². The molecule has 0 spiro atoms. The van der Waals surface area contributed by atoms with E-state index in [1.165, 1.54) is 0 Å². The number of aromatic nitrogens is 2. The summed E-state index contributed by atoms with van der Waals surface area (Å²) in [7, 11) is 1.78. The number of halogens is 1. The average Bonchev–Trinajstić information content (AvgIpc) is 2.91. The van der Waals surface area contributed by atoms with E-state index >= 15 is 0 Å². The van der Waals surface area contributed by atoms with Crippen LogP contribution in [0.5, 0.6) is 0 Å². The number of ether oxygens (including phenoxy) is 1. The normalized spacial score (nSPS) is 23.9. The van der Waals surface area contributed by atoms with E-state index in [-0.39, 0.29) is 0 Å². The lowest BCUT2D eigenvalue weighted by molar-refractivity contribution is 0.106. The summed E-state index contributed by atoms with van der Waals surface area (Å²) in [4.78, 5) is 4.44. The van der Waals surface area contributed by atoms with E-state index < -0.39 is 0 Å². The molecule has 0 aliphatic heterocycles. The van der Waals surface area contributed by atoms with E-state index in [2.05, 4.69) is 31.5 Å². The highest BCUT2D eigenvalue weighted by Crippen LogP contribution is 2.36. The number of hydrogen-bond acceptors (Lipinski definition) is 3. The smallest absolute Gasteiger partial charge is 0.201 e. The molecule has 1 aliphatic carbocycles. The fourth-order valence-corrected chi connectivity index (χ4v) is 3.19. The summed E-state index contributed by atoms with van der Waals surface area (Å²) in [6.07, 6.45) is 3.56. The van der Waals surface area contributed by atoms with Crippen molar-refractivity contribution in [2.45, 2.75) is 31.4 Å². The van der Waals surface area contributed by atoms with Gasteiger partial charge in [-0.3, -0.25) is 0 Å². The van der Waals surface area contributed by atoms with Crippen molar-refractivity contribution in [1.82, 2.24) is 9.55 Å². The van der Waals surface area contributed by atoms with Crippen LogP contribution in [0.3, 0.4) is 0 Å². The molecule has 0 radical (unpaired) electrons. The molecule has 96 valence electrons. The van der Waals surface area contributed by atoms with E-state index in [4.69, 9.17) is 10.5 Å². The third kappa shape index (κ3) is 1.91. The van der Waals surface area contributed by atoms with Crippen molar-refractivity contribution >= 4 is 32.9 Å². The Labute approximate surface area is 114 Å². The van der Waals surface area contributed by atoms with Crippen molar-refractivity contribution in [1.29, 1.82) is 0 Å². The van der Waals surface area contributed by atoms with Crippen LogP contribution in [0.25, 0.3) is 11.0 Å². The number of nitrogens with zero attached hydrogens (tertiary/aromatic N) is 2. The number of benzene rings is 1. The Bertz CT molecular complexity index is 581. The van der Waals surface area contributed by atoms with Crippen LogP contribution in [0, 0.1) is 0 Å². The van der Waals surface area contributed by atoms with Crippen LogP contribution in [0.1, 0.15) is 25.3 Å². The molecule has 2 atom stereocenters. The summed E-state index contributed by atoms with van der Waals surface area (Å²) in [5.74, 6) is 0.602. The van der Waals surface area contributed by atoms with Gasteiger partial charge in [-0.25, -0.2) is 4.98 Å². The average molecular weight is 310 g/mol. The highest BCUT2D eigenvalue weighted by Gasteiger charge is 2.28. The van der Waals surface area contributed by atoms with E-state index in [1.54, 1.807) is 7.11 Å². The van der Waals surface area contributed by atoms with Gasteiger partial charge in [-0.15, -0.1) is 0 Å². The lowest BCUT2D eigenvalue weighted by atomic mass is 10.2. The van der Waals surface area contributed by atoms with Gasteiger partial charge in [-0.05, 0) is 37.5 Å². The molecule has 1 fully saturated rings. The topological polar surface area (TPSA) is 53.1 Å². The summed E-state index contributed by atoms with van der Waals surface area (Å²) in [5.41, 5.74) is 8.12. The third-order valence-electron chi connectivity index (χ3n) is 3.73. The molecule has 5 heteroatoms. The number of nitrogens with two attached hydrogens (primary N) is 1. The predicted molar refractivity (Wildman–Crippen MR) is 75.5 cm³/mol. The summed E-state index contributed by atoms with van der Waals surface area (Å²) in [5, 5.41) is 0. The lowest BCUT2D eigenvalue weighted by Crippen LogP contribution is -2.11. The first-order chi connectivity index (χ1) is 8.69. The van der Waals surface area contributed by atoms with Crippen molar-refractivity contribution in [3.63, 3.8) is 0 Å². The lowest BCUT2D eigenvalue weighted by Gasteiger charge is -2.15. The molecular formula is C13H16BrN3O. The molecule has 0 bridgehead atoms. The zero-order chi connectivity index (χ0) is 12.7. The molecule has 2 aromatic rings. The van der Waals surface area contributed by atoms with Gasteiger partial charge in [0.25, 0.3) is 0 Å². The van der Waals surface area contributed by atoms with Crippen LogP contribution < -0.4 is 5.73 Å². The monoisotopic (exact) mass is 309 g/mol. The maximum absolute atomic E-state index is 6.07. The maximum atomic E-state index is 6.07. The molecular weight excluding hydrogens is 294 g/mol. The molecule has 3 rings (SSSR count). The Kier molecular flexibility index (Phi) is 3.03. The number of nitrogen functional groups attached to an aromatic ring is 1. The minimum Gasteiger partial charge on any atom is -0.381 e. The van der Waals surface area contributed by atoms with Crippen molar-refractivity contribution in [3.05, 3.63) is 22.7 Å². The second kappa shape index (κ2) is 4.55. The van der Waals surface area contributed by atoms with Crippen LogP contribution in [0.2, 0.25) is 0 Å². The van der Waals surface area contributed by atoms with Gasteiger partial charge in [0, 0.05) is 17.6 Å². The predicted octanol–water partition coefficient (Wildman–Crippen LogP) is 3.12. The third-order valence-corrected chi connectivity index (χ3v) is 4.23. The molecule has 1 heterocycles. The SMILES string of the molecule is COC1CCC(n2c(N)nc3cc(Br)ccc32)C1. The van der Waals surface area contributed by atoms with Crippen LogP contribution in [-0.4, -0.2) is 22.8 Å². The van der Waals surface area contributed by atoms with Gasteiger partial charge >= 0.3 is 0 Å². The first-order valence-corrected chi connectivity index (χ1v) is 6.94. The van der Waals surface area contributed by atoms with Gasteiger partial charge in [0.15, 0.2) is 0 Å². The van der Waals surface area contributed by atoms with E-state index in [1.807, 2.05) is 12.1 Å². The Morgan fingerprint density at radius 2 is 2.28 bits per heavy atom. The Morgan fingerprint density at radius 1 is 1.44 bits per heavy atom. The van der Waals surface area contributed by atoms with Gasteiger partial charge in [-0.1, -0.05) is 15.9 Å². The molecule has 0 amide bonds. The molecule has 2 unspecified atom stereocenters. The molecule has 2 N–H and O–H groups in total. The number of imidazole rings is 1. The number of rotatable bonds is 2. The van der Waals surface area contributed by atoms with E-state index in [9.17, 15) is 0 Å². The maximum Gasteiger partial charge on any atom is 0.201 e. The minimum absolute atomic E-state index is 0.349. The molecule has 4 nitrogen and oxygen atoms in total. The highest BCUT2D eigenvalue weighted by atomic mass is 79.9.